The van der Waals surface area contributed by atoms with E-state index in [2.05, 4.69) is 43.7 Å². The van der Waals surface area contributed by atoms with Gasteiger partial charge in [0, 0.05) is 34.0 Å². The summed E-state index contributed by atoms with van der Waals surface area (Å²) in [7, 11) is 0. The van der Waals surface area contributed by atoms with Gasteiger partial charge in [-0.3, -0.25) is 10.2 Å². The van der Waals surface area contributed by atoms with E-state index in [1.165, 1.54) is 0 Å². The number of alkyl carbamates (subject to hydrolysis) is 1. The Kier molecular flexibility index (Phi) is 13.6. The first-order chi connectivity index (χ1) is 23.1. The van der Waals surface area contributed by atoms with E-state index in [1.807, 2.05) is 12.1 Å². The molecule has 3 rings (SSSR count). The topological polar surface area (TPSA) is 158 Å². The van der Waals surface area contributed by atoms with Crippen molar-refractivity contribution in [2.75, 3.05) is 6.54 Å². The van der Waals surface area contributed by atoms with Crippen LogP contribution in [0.15, 0.2) is 48.7 Å². The molecule has 17 heteroatoms. The average Bonchev–Trinajstić information content (AvgIpc) is 3.48. The summed E-state index contributed by atoms with van der Waals surface area (Å²) in [6.07, 6.45) is -2.79. The van der Waals surface area contributed by atoms with Gasteiger partial charge in [0.2, 0.25) is 0 Å². The molecule has 1 heterocycles. The summed E-state index contributed by atoms with van der Waals surface area (Å²) in [5, 5.41) is 30.3. The van der Waals surface area contributed by atoms with E-state index in [0.29, 0.717) is 4.68 Å². The maximum atomic E-state index is 15.5. The van der Waals surface area contributed by atoms with Crippen LogP contribution in [0, 0.1) is 20.6 Å². The van der Waals surface area contributed by atoms with E-state index in [-0.39, 0.29) is 17.7 Å². The van der Waals surface area contributed by atoms with Gasteiger partial charge in [-0.05, 0) is 91.1 Å². The Hall–Kier alpha value is -3.97. The van der Waals surface area contributed by atoms with Gasteiger partial charge in [0.05, 0.1) is 17.8 Å². The molecule has 3 unspecified atom stereocenters. The molecular weight excluding hydrogens is 779 g/mol. The fourth-order valence-electron chi connectivity index (χ4n) is 4.83. The minimum absolute atomic E-state index is 0.0903. The van der Waals surface area contributed by atoms with E-state index in [4.69, 9.17) is 4.74 Å². The molecule has 0 aliphatic carbocycles. The van der Waals surface area contributed by atoms with Gasteiger partial charge >= 0.3 is 18.7 Å². The maximum absolute atomic E-state index is 15.5. The van der Waals surface area contributed by atoms with Crippen LogP contribution in [-0.4, -0.2) is 73.4 Å². The molecule has 0 saturated carbocycles. The first-order valence-corrected chi connectivity index (χ1v) is 16.5. The number of benzene rings is 2. The molecule has 0 saturated heterocycles. The molecule has 3 atom stereocenters. The normalized spacial score (nSPS) is 13.9. The van der Waals surface area contributed by atoms with Gasteiger partial charge in [0.25, 0.3) is 5.91 Å². The number of rotatable bonds is 13. The number of amides is 3. The van der Waals surface area contributed by atoms with Crippen molar-refractivity contribution in [3.63, 3.8) is 0 Å². The number of ether oxygens (including phenoxy) is 1. The minimum Gasteiger partial charge on any atom is -0.465 e. The van der Waals surface area contributed by atoms with Gasteiger partial charge in [-0.2, -0.15) is 13.9 Å². The van der Waals surface area contributed by atoms with Crippen LogP contribution in [0.4, 0.5) is 27.2 Å². The summed E-state index contributed by atoms with van der Waals surface area (Å²) >= 11 is 2.12. The lowest BCUT2D eigenvalue weighted by atomic mass is 9.86. The molecule has 50 heavy (non-hydrogen) atoms. The van der Waals surface area contributed by atoms with E-state index in [0.717, 1.165) is 38.5 Å². The number of carbonyl (C=O) groups excluding carboxylic acids is 2. The summed E-state index contributed by atoms with van der Waals surface area (Å²) in [5.74, 6) is -3.12. The number of hydrazine groups is 1. The summed E-state index contributed by atoms with van der Waals surface area (Å²) in [5.41, 5.74) is 0.551. The largest absolute Gasteiger partial charge is 0.465 e. The van der Waals surface area contributed by atoms with Crippen LogP contribution in [0.5, 0.6) is 0 Å². The molecule has 5 N–H and O–H groups in total. The van der Waals surface area contributed by atoms with Crippen LogP contribution >= 0.6 is 22.6 Å². The molecule has 0 radical (unpaired) electrons. The molecule has 12 nitrogen and oxygen atoms in total. The molecule has 0 aliphatic heterocycles. The maximum Gasteiger partial charge on any atom is 0.407 e. The van der Waals surface area contributed by atoms with Crippen molar-refractivity contribution in [1.29, 1.82) is 0 Å². The molecule has 0 aliphatic rings. The predicted molar refractivity (Wildman–Crippen MR) is 184 cm³/mol. The van der Waals surface area contributed by atoms with Crippen molar-refractivity contribution in [2.45, 2.75) is 84.8 Å². The SMILES string of the molecule is CC(C)(C)OC(=O)NC(Cc1ccc(I)cc1)C(O)CN(Cc1c(F)cc(-c2ccn(C(F)F)n2)cc1F)NC(=O)C(NC(=O)O)C(C)(C)C. The third kappa shape index (κ3) is 12.1. The highest BCUT2D eigenvalue weighted by Gasteiger charge is 2.35. The van der Waals surface area contributed by atoms with Crippen molar-refractivity contribution in [1.82, 2.24) is 30.8 Å². The highest BCUT2D eigenvalue weighted by atomic mass is 127. The number of alkyl halides is 2. The highest BCUT2D eigenvalue weighted by molar-refractivity contribution is 14.1. The summed E-state index contributed by atoms with van der Waals surface area (Å²) in [6.45, 7) is 5.61. The van der Waals surface area contributed by atoms with Gasteiger partial charge in [-0.25, -0.2) is 28.1 Å². The molecule has 2 aromatic carbocycles. The van der Waals surface area contributed by atoms with Crippen LogP contribution < -0.4 is 16.1 Å². The molecular formula is C33H41F4IN6O6. The van der Waals surface area contributed by atoms with Gasteiger partial charge in [-0.15, -0.1) is 0 Å². The monoisotopic (exact) mass is 820 g/mol. The smallest absolute Gasteiger partial charge is 0.407 e. The Morgan fingerprint density at radius 2 is 1.60 bits per heavy atom. The minimum atomic E-state index is -2.96. The number of halogens is 5. The lowest BCUT2D eigenvalue weighted by molar-refractivity contribution is -0.131. The number of carbonyl (C=O) groups is 3. The number of aliphatic hydroxyl groups excluding tert-OH is 1. The third-order valence-electron chi connectivity index (χ3n) is 7.20. The predicted octanol–water partition coefficient (Wildman–Crippen LogP) is 5.84. The quantitative estimate of drug-likeness (QED) is 0.0818. The number of carboxylic acid groups (broad SMARTS) is 1. The Bertz CT molecular complexity index is 1620. The van der Waals surface area contributed by atoms with Crippen LogP contribution in [0.25, 0.3) is 11.3 Å². The second-order valence-corrected chi connectivity index (χ2v) is 14.9. The molecule has 0 fully saturated rings. The van der Waals surface area contributed by atoms with E-state index >= 15 is 8.78 Å². The average molecular weight is 821 g/mol. The zero-order chi connectivity index (χ0) is 37.6. The molecule has 0 spiro atoms. The zero-order valence-corrected chi connectivity index (χ0v) is 30.5. The number of nitrogens with one attached hydrogen (secondary N) is 3. The molecule has 274 valence electrons. The van der Waals surface area contributed by atoms with Crippen LogP contribution in [0.2, 0.25) is 0 Å². The van der Waals surface area contributed by atoms with Crippen molar-refractivity contribution in [2.24, 2.45) is 5.41 Å². The summed E-state index contributed by atoms with van der Waals surface area (Å²) in [4.78, 5) is 37.8. The summed E-state index contributed by atoms with van der Waals surface area (Å²) in [6, 6.07) is 7.80. The summed E-state index contributed by atoms with van der Waals surface area (Å²) < 4.78 is 63.8. The lowest BCUT2D eigenvalue weighted by Gasteiger charge is -2.34. The van der Waals surface area contributed by atoms with Crippen molar-refractivity contribution in [3.05, 3.63) is 75.0 Å². The van der Waals surface area contributed by atoms with Crippen molar-refractivity contribution >= 4 is 40.7 Å². The van der Waals surface area contributed by atoms with Gasteiger partial charge in [-0.1, -0.05) is 32.9 Å². The van der Waals surface area contributed by atoms with E-state index < -0.39 is 84.1 Å². The first-order valence-electron chi connectivity index (χ1n) is 15.4. The van der Waals surface area contributed by atoms with Crippen molar-refractivity contribution < 1.29 is 46.9 Å². The number of aliphatic hydroxyl groups is 1. The third-order valence-corrected chi connectivity index (χ3v) is 7.92. The Balaban J connectivity index is 1.99. The standard InChI is InChI=1S/C33H41F4IN6O6/c1-32(2,3)27(40-30(47)48)28(46)42-43(16-21-22(34)14-19(15-23(21)35)24-11-12-44(41-24)29(36)37)17-26(45)25(39-31(49)50-33(4,5)6)13-18-7-9-20(38)10-8-18/h7-12,14-15,25-27,29,40,45H,13,16-17H2,1-6H3,(H,39,49)(H,42,46)(H,47,48). The Morgan fingerprint density at radius 1 is 1.00 bits per heavy atom. The van der Waals surface area contributed by atoms with Crippen LogP contribution in [-0.2, 0) is 22.5 Å². The highest BCUT2D eigenvalue weighted by Crippen LogP contribution is 2.26. The molecule has 1 aromatic heterocycles. The Morgan fingerprint density at radius 3 is 2.10 bits per heavy atom. The zero-order valence-electron chi connectivity index (χ0n) is 28.3. The number of aromatic nitrogens is 2. The van der Waals surface area contributed by atoms with Crippen LogP contribution in [0.3, 0.4) is 0 Å². The lowest BCUT2D eigenvalue weighted by Crippen LogP contribution is -2.59. The molecule has 3 aromatic rings. The second-order valence-electron chi connectivity index (χ2n) is 13.6. The number of hydrogen-bond donors (Lipinski definition) is 5. The van der Waals surface area contributed by atoms with E-state index in [9.17, 15) is 33.4 Å². The Labute approximate surface area is 300 Å². The second kappa shape index (κ2) is 16.8. The van der Waals surface area contributed by atoms with Gasteiger partial charge < -0.3 is 25.6 Å². The fraction of sp³-hybridized carbons (Fsp3) is 0.455. The molecule has 3 amide bonds. The van der Waals surface area contributed by atoms with E-state index in [1.54, 1.807) is 53.7 Å². The fourth-order valence-corrected chi connectivity index (χ4v) is 5.19. The van der Waals surface area contributed by atoms with Gasteiger partial charge in [0.1, 0.15) is 23.3 Å². The first kappa shape index (κ1) is 40.5. The molecule has 0 bridgehead atoms. The van der Waals surface area contributed by atoms with Crippen LogP contribution in [0.1, 0.15) is 59.2 Å². The number of nitrogens with zero attached hydrogens (tertiary/aromatic N) is 3. The number of hydrogen-bond acceptors (Lipinski definition) is 7. The van der Waals surface area contributed by atoms with Crippen molar-refractivity contribution in [3.8, 4) is 11.3 Å². The van der Waals surface area contributed by atoms with Gasteiger partial charge in [0.15, 0.2) is 0 Å².